The van der Waals surface area contributed by atoms with Crippen molar-refractivity contribution < 1.29 is 13.6 Å². The summed E-state index contributed by atoms with van der Waals surface area (Å²) in [4.78, 5) is 29.3. The Morgan fingerprint density at radius 1 is 0.824 bits per heavy atom. The van der Waals surface area contributed by atoms with Gasteiger partial charge in [0.25, 0.3) is 5.91 Å². The SMILES string of the molecule is O=C(NCCc1ncc[nH]1)c1ccc2nc(-c3ccc(F)cc3)c(-c3ccc(F)cc3)nc2c1. The van der Waals surface area contributed by atoms with Crippen LogP contribution in [0.5, 0.6) is 0 Å². The molecule has 0 saturated carbocycles. The van der Waals surface area contributed by atoms with E-state index in [0.717, 1.165) is 5.82 Å². The number of benzene rings is 3. The highest BCUT2D eigenvalue weighted by molar-refractivity contribution is 5.98. The van der Waals surface area contributed by atoms with Gasteiger partial charge in [-0.2, -0.15) is 0 Å². The van der Waals surface area contributed by atoms with Crippen LogP contribution in [0, 0.1) is 11.6 Å². The summed E-state index contributed by atoms with van der Waals surface area (Å²) >= 11 is 0. The van der Waals surface area contributed by atoms with Crippen molar-refractivity contribution in [2.24, 2.45) is 0 Å². The zero-order valence-electron chi connectivity index (χ0n) is 17.9. The molecule has 0 saturated heterocycles. The number of hydrogen-bond donors (Lipinski definition) is 2. The second-order valence-electron chi connectivity index (χ2n) is 7.68. The third-order valence-electron chi connectivity index (χ3n) is 5.36. The molecule has 0 aliphatic rings. The van der Waals surface area contributed by atoms with Crippen LogP contribution < -0.4 is 5.32 Å². The first kappa shape index (κ1) is 21.4. The van der Waals surface area contributed by atoms with Crippen molar-refractivity contribution in [2.45, 2.75) is 6.42 Å². The maximum absolute atomic E-state index is 13.5. The first-order valence-corrected chi connectivity index (χ1v) is 10.7. The smallest absolute Gasteiger partial charge is 0.251 e. The average Bonchev–Trinajstić information content (AvgIpc) is 3.37. The van der Waals surface area contributed by atoms with Crippen LogP contribution >= 0.6 is 0 Å². The number of aromatic nitrogens is 4. The molecule has 1 amide bonds. The van der Waals surface area contributed by atoms with Crippen LogP contribution in [0.3, 0.4) is 0 Å². The van der Waals surface area contributed by atoms with Gasteiger partial charge in [0.05, 0.1) is 22.4 Å². The summed E-state index contributed by atoms with van der Waals surface area (Å²) in [6.07, 6.45) is 3.98. The Balaban J connectivity index is 1.51. The van der Waals surface area contributed by atoms with E-state index in [4.69, 9.17) is 9.97 Å². The molecular formula is C26H19F2N5O. The van der Waals surface area contributed by atoms with Crippen molar-refractivity contribution in [1.29, 1.82) is 0 Å². The molecule has 0 aliphatic carbocycles. The third kappa shape index (κ3) is 4.52. The zero-order valence-corrected chi connectivity index (χ0v) is 17.9. The van der Waals surface area contributed by atoms with E-state index in [2.05, 4.69) is 15.3 Å². The molecular weight excluding hydrogens is 436 g/mol. The van der Waals surface area contributed by atoms with Crippen molar-refractivity contribution in [3.63, 3.8) is 0 Å². The summed E-state index contributed by atoms with van der Waals surface area (Å²) in [6, 6.07) is 17.0. The summed E-state index contributed by atoms with van der Waals surface area (Å²) in [5.74, 6) is -0.166. The molecule has 34 heavy (non-hydrogen) atoms. The predicted molar refractivity (Wildman–Crippen MR) is 125 cm³/mol. The largest absolute Gasteiger partial charge is 0.352 e. The van der Waals surface area contributed by atoms with Crippen LogP contribution in [0.2, 0.25) is 0 Å². The van der Waals surface area contributed by atoms with Gasteiger partial charge in [0, 0.05) is 42.0 Å². The van der Waals surface area contributed by atoms with Gasteiger partial charge in [-0.3, -0.25) is 4.79 Å². The molecule has 5 rings (SSSR count). The summed E-state index contributed by atoms with van der Waals surface area (Å²) in [6.45, 7) is 0.431. The molecule has 6 nitrogen and oxygen atoms in total. The van der Waals surface area contributed by atoms with Gasteiger partial charge >= 0.3 is 0 Å². The van der Waals surface area contributed by atoms with E-state index in [0.29, 0.717) is 52.1 Å². The molecule has 0 aliphatic heterocycles. The van der Waals surface area contributed by atoms with E-state index in [1.807, 2.05) is 0 Å². The first-order chi connectivity index (χ1) is 16.6. The lowest BCUT2D eigenvalue weighted by Crippen LogP contribution is -2.25. The number of nitrogens with zero attached hydrogens (tertiary/aromatic N) is 3. The molecule has 0 unspecified atom stereocenters. The molecule has 2 aromatic heterocycles. The molecule has 5 aromatic rings. The van der Waals surface area contributed by atoms with Gasteiger partial charge in [0.15, 0.2) is 0 Å². The van der Waals surface area contributed by atoms with Crippen molar-refractivity contribution in [3.05, 3.63) is 102 Å². The number of carbonyl (C=O) groups is 1. The number of aromatic amines is 1. The van der Waals surface area contributed by atoms with Crippen molar-refractivity contribution >= 4 is 16.9 Å². The summed E-state index contributed by atoms with van der Waals surface area (Å²) in [5.41, 5.74) is 3.92. The van der Waals surface area contributed by atoms with Crippen LogP contribution in [0.4, 0.5) is 8.78 Å². The van der Waals surface area contributed by atoms with Crippen LogP contribution in [0.1, 0.15) is 16.2 Å². The molecule has 0 spiro atoms. The van der Waals surface area contributed by atoms with Crippen LogP contribution in [0.25, 0.3) is 33.5 Å². The Morgan fingerprint density at radius 2 is 1.44 bits per heavy atom. The second kappa shape index (κ2) is 9.19. The van der Waals surface area contributed by atoms with Crippen molar-refractivity contribution in [3.8, 4) is 22.5 Å². The highest BCUT2D eigenvalue weighted by Gasteiger charge is 2.15. The quantitative estimate of drug-likeness (QED) is 0.380. The van der Waals surface area contributed by atoms with Crippen LogP contribution in [-0.2, 0) is 6.42 Å². The molecule has 8 heteroatoms. The number of imidazole rings is 1. The fourth-order valence-corrected chi connectivity index (χ4v) is 3.64. The van der Waals surface area contributed by atoms with Gasteiger partial charge in [-0.05, 0) is 66.7 Å². The van der Waals surface area contributed by atoms with E-state index in [9.17, 15) is 13.6 Å². The highest BCUT2D eigenvalue weighted by Crippen LogP contribution is 2.31. The lowest BCUT2D eigenvalue weighted by Gasteiger charge is -2.12. The molecule has 2 heterocycles. The Morgan fingerprint density at radius 3 is 2.03 bits per heavy atom. The zero-order chi connectivity index (χ0) is 23.5. The fraction of sp³-hybridized carbons (Fsp3) is 0.0769. The van der Waals surface area contributed by atoms with Gasteiger partial charge in [-0.1, -0.05) is 0 Å². The monoisotopic (exact) mass is 455 g/mol. The molecule has 2 N–H and O–H groups in total. The Bertz CT molecular complexity index is 1450. The predicted octanol–water partition coefficient (Wildman–Crippen LogP) is 4.94. The maximum Gasteiger partial charge on any atom is 0.251 e. The summed E-state index contributed by atoms with van der Waals surface area (Å²) in [7, 11) is 0. The highest BCUT2D eigenvalue weighted by atomic mass is 19.1. The van der Waals surface area contributed by atoms with Crippen molar-refractivity contribution in [1.82, 2.24) is 25.3 Å². The summed E-state index contributed by atoms with van der Waals surface area (Å²) in [5, 5.41) is 2.87. The van der Waals surface area contributed by atoms with Gasteiger partial charge < -0.3 is 10.3 Å². The Labute approximate surface area is 193 Å². The lowest BCUT2D eigenvalue weighted by atomic mass is 10.0. The number of carbonyl (C=O) groups excluding carboxylic acids is 1. The van der Waals surface area contributed by atoms with Crippen LogP contribution in [-0.4, -0.2) is 32.4 Å². The first-order valence-electron chi connectivity index (χ1n) is 10.7. The number of amides is 1. The lowest BCUT2D eigenvalue weighted by molar-refractivity contribution is 0.0954. The molecule has 168 valence electrons. The van der Waals surface area contributed by atoms with E-state index >= 15 is 0 Å². The number of hydrogen-bond acceptors (Lipinski definition) is 4. The van der Waals surface area contributed by atoms with Crippen molar-refractivity contribution in [2.75, 3.05) is 6.54 Å². The topological polar surface area (TPSA) is 83.6 Å². The summed E-state index contributed by atoms with van der Waals surface area (Å²) < 4.78 is 27.0. The number of fused-ring (bicyclic) bond motifs is 1. The third-order valence-corrected chi connectivity index (χ3v) is 5.36. The van der Waals surface area contributed by atoms with Gasteiger partial charge in [-0.25, -0.2) is 23.7 Å². The second-order valence-corrected chi connectivity index (χ2v) is 7.68. The molecule has 0 radical (unpaired) electrons. The van der Waals surface area contributed by atoms with E-state index in [1.165, 1.54) is 24.3 Å². The number of H-pyrrole nitrogens is 1. The molecule has 0 bridgehead atoms. The van der Waals surface area contributed by atoms with E-state index < -0.39 is 0 Å². The Kier molecular flexibility index (Phi) is 5.78. The Hall–Kier alpha value is -4.46. The number of halogens is 2. The fourth-order valence-electron chi connectivity index (χ4n) is 3.64. The normalized spacial score (nSPS) is 11.0. The van der Waals surface area contributed by atoms with Crippen LogP contribution in [0.15, 0.2) is 79.1 Å². The number of rotatable bonds is 6. The number of nitrogens with one attached hydrogen (secondary N) is 2. The standard InChI is InChI=1S/C26H19F2N5O/c27-19-6-1-16(2-7-19)24-25(17-3-8-20(28)9-4-17)33-22-15-18(5-10-21(22)32-24)26(34)31-12-11-23-29-13-14-30-23/h1-10,13-15H,11-12H2,(H,29,30)(H,31,34). The van der Waals surface area contributed by atoms with E-state index in [1.54, 1.807) is 54.9 Å². The minimum atomic E-state index is -0.366. The van der Waals surface area contributed by atoms with E-state index in [-0.39, 0.29) is 17.5 Å². The molecule has 3 aromatic carbocycles. The molecule has 0 atom stereocenters. The average molecular weight is 455 g/mol. The maximum atomic E-state index is 13.5. The van der Waals surface area contributed by atoms with Gasteiger partial charge in [0.2, 0.25) is 0 Å². The van der Waals surface area contributed by atoms with Gasteiger partial charge in [0.1, 0.15) is 17.5 Å². The minimum Gasteiger partial charge on any atom is -0.352 e. The molecule has 0 fully saturated rings. The van der Waals surface area contributed by atoms with Gasteiger partial charge in [-0.15, -0.1) is 0 Å². The minimum absolute atomic E-state index is 0.235.